The molecule has 1 atom stereocenters. The molecule has 0 radical (unpaired) electrons. The predicted octanol–water partition coefficient (Wildman–Crippen LogP) is 2.45. The van der Waals surface area contributed by atoms with Crippen molar-refractivity contribution in [3.8, 4) is 5.75 Å². The molecule has 33 heavy (non-hydrogen) atoms. The molecule has 2 aromatic heterocycles. The second-order valence-electron chi connectivity index (χ2n) is 7.62. The minimum atomic E-state index is -1.07. The molecule has 2 heterocycles. The van der Waals surface area contributed by atoms with Gasteiger partial charge in [-0.25, -0.2) is 9.59 Å². The zero-order chi connectivity index (χ0) is 24.3. The fourth-order valence-corrected chi connectivity index (χ4v) is 4.91. The van der Waals surface area contributed by atoms with E-state index in [9.17, 15) is 24.3 Å². The highest BCUT2D eigenvalue weighted by Crippen LogP contribution is 2.31. The van der Waals surface area contributed by atoms with Crippen molar-refractivity contribution < 1.29 is 24.2 Å². The third-order valence-electron chi connectivity index (χ3n) is 5.45. The minimum absolute atomic E-state index is 0.131. The Morgan fingerprint density at radius 2 is 1.88 bits per heavy atom. The van der Waals surface area contributed by atoms with E-state index in [4.69, 9.17) is 9.47 Å². The zero-order valence-corrected chi connectivity index (χ0v) is 19.7. The maximum atomic E-state index is 13.1. The number of rotatable bonds is 9. The number of methoxy groups -OCH3 is 1. The molecule has 0 fully saturated rings. The monoisotopic (exact) mass is 474 g/mol. The van der Waals surface area contributed by atoms with Gasteiger partial charge in [-0.05, 0) is 37.0 Å². The summed E-state index contributed by atoms with van der Waals surface area (Å²) in [7, 11) is 2.92. The Hall–Kier alpha value is -3.40. The van der Waals surface area contributed by atoms with Gasteiger partial charge in [-0.15, -0.1) is 11.3 Å². The molecule has 1 aromatic carbocycles. The second kappa shape index (κ2) is 10.0. The summed E-state index contributed by atoms with van der Waals surface area (Å²) in [6.07, 6.45) is 0.812. The highest BCUT2D eigenvalue weighted by molar-refractivity contribution is 7.20. The summed E-state index contributed by atoms with van der Waals surface area (Å²) in [5.41, 5.74) is 0.222. The SMILES string of the molecule is CCOC(=O)c1sc2c(c1CCc1ccccc1OC)c(=O)n(C)c(=O)n2CC(C)C(=O)O. The number of carboxylic acid groups (broad SMARTS) is 1. The van der Waals surface area contributed by atoms with Crippen LogP contribution in [0.2, 0.25) is 0 Å². The summed E-state index contributed by atoms with van der Waals surface area (Å²) in [4.78, 5) is 50.7. The number of ether oxygens (including phenoxy) is 2. The lowest BCUT2D eigenvalue weighted by molar-refractivity contribution is -0.141. The summed E-state index contributed by atoms with van der Waals surface area (Å²) < 4.78 is 12.8. The van der Waals surface area contributed by atoms with E-state index in [1.165, 1.54) is 18.5 Å². The molecule has 0 amide bonds. The number of carbonyl (C=O) groups is 2. The average molecular weight is 475 g/mol. The Kier molecular flexibility index (Phi) is 7.37. The van der Waals surface area contributed by atoms with Crippen molar-refractivity contribution in [2.75, 3.05) is 13.7 Å². The Morgan fingerprint density at radius 3 is 2.52 bits per heavy atom. The molecular formula is C23H26N2O7S. The van der Waals surface area contributed by atoms with Crippen molar-refractivity contribution in [3.63, 3.8) is 0 Å². The first-order chi connectivity index (χ1) is 15.7. The Bertz CT molecular complexity index is 1320. The lowest BCUT2D eigenvalue weighted by Crippen LogP contribution is -2.39. The van der Waals surface area contributed by atoms with Crippen molar-refractivity contribution in [2.45, 2.75) is 33.2 Å². The van der Waals surface area contributed by atoms with Crippen molar-refractivity contribution in [1.29, 1.82) is 0 Å². The second-order valence-corrected chi connectivity index (χ2v) is 8.62. The van der Waals surface area contributed by atoms with Crippen molar-refractivity contribution in [2.24, 2.45) is 13.0 Å². The number of carboxylic acids is 1. The predicted molar refractivity (Wildman–Crippen MR) is 124 cm³/mol. The van der Waals surface area contributed by atoms with E-state index in [0.717, 1.165) is 21.5 Å². The molecule has 1 N–H and O–H groups in total. The summed E-state index contributed by atoms with van der Waals surface area (Å²) in [6, 6.07) is 7.46. The van der Waals surface area contributed by atoms with E-state index in [1.54, 1.807) is 14.0 Å². The van der Waals surface area contributed by atoms with Gasteiger partial charge < -0.3 is 14.6 Å². The van der Waals surface area contributed by atoms with E-state index in [-0.39, 0.29) is 28.2 Å². The van der Waals surface area contributed by atoms with E-state index in [2.05, 4.69) is 0 Å². The number of aromatic nitrogens is 2. The lowest BCUT2D eigenvalue weighted by atomic mass is 10.0. The van der Waals surface area contributed by atoms with Gasteiger partial charge in [0.05, 0.1) is 25.0 Å². The molecule has 0 saturated heterocycles. The van der Waals surface area contributed by atoms with Gasteiger partial charge in [-0.2, -0.15) is 0 Å². The Morgan fingerprint density at radius 1 is 1.18 bits per heavy atom. The van der Waals surface area contributed by atoms with Crippen LogP contribution in [0.1, 0.15) is 34.6 Å². The zero-order valence-electron chi connectivity index (χ0n) is 18.9. The van der Waals surface area contributed by atoms with Gasteiger partial charge in [0.1, 0.15) is 15.5 Å². The summed E-state index contributed by atoms with van der Waals surface area (Å²) in [5, 5.41) is 9.58. The van der Waals surface area contributed by atoms with E-state index < -0.39 is 29.1 Å². The highest BCUT2D eigenvalue weighted by Gasteiger charge is 2.26. The molecule has 0 spiro atoms. The van der Waals surface area contributed by atoms with Crippen LogP contribution in [0.5, 0.6) is 5.75 Å². The molecule has 0 aliphatic carbocycles. The number of carbonyl (C=O) groups excluding carboxylic acids is 1. The van der Waals surface area contributed by atoms with Gasteiger partial charge in [0.25, 0.3) is 5.56 Å². The van der Waals surface area contributed by atoms with Crippen LogP contribution in [0, 0.1) is 5.92 Å². The third-order valence-corrected chi connectivity index (χ3v) is 6.68. The maximum Gasteiger partial charge on any atom is 0.348 e. The smallest absolute Gasteiger partial charge is 0.348 e. The molecule has 3 aromatic rings. The van der Waals surface area contributed by atoms with Crippen molar-refractivity contribution in [1.82, 2.24) is 9.13 Å². The van der Waals surface area contributed by atoms with Crippen molar-refractivity contribution >= 4 is 33.5 Å². The number of esters is 1. The van der Waals surface area contributed by atoms with Crippen LogP contribution >= 0.6 is 11.3 Å². The first-order valence-electron chi connectivity index (χ1n) is 10.5. The molecule has 3 rings (SSSR count). The average Bonchev–Trinajstić information content (AvgIpc) is 3.18. The molecule has 0 saturated carbocycles. The van der Waals surface area contributed by atoms with Gasteiger partial charge >= 0.3 is 17.6 Å². The molecular weight excluding hydrogens is 448 g/mol. The summed E-state index contributed by atoms with van der Waals surface area (Å²) >= 11 is 0.985. The number of hydrogen-bond acceptors (Lipinski definition) is 7. The number of aryl methyl sites for hydroxylation is 2. The number of fused-ring (bicyclic) bond motifs is 1. The van der Waals surface area contributed by atoms with Gasteiger partial charge in [-0.3, -0.25) is 18.7 Å². The van der Waals surface area contributed by atoms with Gasteiger partial charge in [0.2, 0.25) is 0 Å². The Balaban J connectivity index is 2.23. The fourth-order valence-electron chi connectivity index (χ4n) is 3.67. The molecule has 10 heteroatoms. The normalized spacial score (nSPS) is 12.0. The number of hydrogen-bond donors (Lipinski definition) is 1. The number of para-hydroxylation sites is 1. The minimum Gasteiger partial charge on any atom is -0.496 e. The number of aliphatic carboxylic acids is 1. The van der Waals surface area contributed by atoms with Gasteiger partial charge in [0, 0.05) is 13.6 Å². The van der Waals surface area contributed by atoms with E-state index in [0.29, 0.717) is 24.2 Å². The topological polar surface area (TPSA) is 117 Å². The fraction of sp³-hybridized carbons (Fsp3) is 0.391. The number of nitrogens with zero attached hydrogens (tertiary/aromatic N) is 2. The summed E-state index contributed by atoms with van der Waals surface area (Å²) in [5.74, 6) is -1.83. The lowest BCUT2D eigenvalue weighted by Gasteiger charge is -2.12. The van der Waals surface area contributed by atoms with E-state index in [1.807, 2.05) is 24.3 Å². The Labute approximate surface area is 193 Å². The van der Waals surface area contributed by atoms with Crippen molar-refractivity contribution in [3.05, 3.63) is 61.1 Å². The molecule has 9 nitrogen and oxygen atoms in total. The first kappa shape index (κ1) is 24.2. The van der Waals surface area contributed by atoms with Crippen LogP contribution in [0.3, 0.4) is 0 Å². The summed E-state index contributed by atoms with van der Waals surface area (Å²) in [6.45, 7) is 3.19. The van der Waals surface area contributed by atoms with Crippen LogP contribution in [-0.2, 0) is 36.0 Å². The number of benzene rings is 1. The standard InChI is InChI=1S/C23H26N2O7S/c1-5-32-22(29)18-15(11-10-14-8-6-7-9-16(14)31-4)17-19(26)24(3)23(30)25(20(17)33-18)12-13(2)21(27)28/h6-9,13H,5,10-12H2,1-4H3,(H,27,28). The largest absolute Gasteiger partial charge is 0.496 e. The third kappa shape index (κ3) is 4.70. The van der Waals surface area contributed by atoms with E-state index >= 15 is 0 Å². The quantitative estimate of drug-likeness (QED) is 0.474. The molecule has 0 aliphatic heterocycles. The molecule has 1 unspecified atom stereocenters. The van der Waals surface area contributed by atoms with Gasteiger partial charge in [0.15, 0.2) is 0 Å². The van der Waals surface area contributed by atoms with Crippen LogP contribution in [0.4, 0.5) is 0 Å². The first-order valence-corrected chi connectivity index (χ1v) is 11.3. The van der Waals surface area contributed by atoms with Gasteiger partial charge in [-0.1, -0.05) is 25.1 Å². The maximum absolute atomic E-state index is 13.1. The van der Waals surface area contributed by atoms with Crippen LogP contribution < -0.4 is 16.0 Å². The molecule has 0 bridgehead atoms. The molecule has 0 aliphatic rings. The highest BCUT2D eigenvalue weighted by atomic mass is 32.1. The molecule has 176 valence electrons. The van der Waals surface area contributed by atoms with Crippen LogP contribution in [-0.4, -0.2) is 39.9 Å². The number of thiophene rings is 1. The van der Waals surface area contributed by atoms with Crippen LogP contribution in [0.25, 0.3) is 10.2 Å². The van der Waals surface area contributed by atoms with Crippen LogP contribution in [0.15, 0.2) is 33.9 Å².